The number of rotatable bonds is 3. The van der Waals surface area contributed by atoms with Gasteiger partial charge in [-0.3, -0.25) is 0 Å². The van der Waals surface area contributed by atoms with Crippen LogP contribution < -0.4 is 5.32 Å². The average Bonchev–Trinajstić information content (AvgIpc) is 2.77. The molecule has 1 aromatic rings. The molecule has 1 aliphatic rings. The van der Waals surface area contributed by atoms with Crippen molar-refractivity contribution in [3.05, 3.63) is 29.6 Å². The van der Waals surface area contributed by atoms with Gasteiger partial charge in [-0.1, -0.05) is 18.9 Å². The molecule has 1 N–H and O–H groups in total. The van der Waals surface area contributed by atoms with E-state index in [4.69, 9.17) is 0 Å². The van der Waals surface area contributed by atoms with Crippen molar-refractivity contribution < 1.29 is 4.39 Å². The Morgan fingerprint density at radius 2 is 2.00 bits per heavy atom. The van der Waals surface area contributed by atoms with Gasteiger partial charge in [0.1, 0.15) is 5.82 Å². The Bertz CT molecular complexity index is 356. The Hall–Kier alpha value is -1.05. The minimum Gasteiger partial charge on any atom is -0.382 e. The second-order valence-electron chi connectivity index (χ2n) is 4.94. The average molecular weight is 221 g/mol. The van der Waals surface area contributed by atoms with Crippen LogP contribution in [0.3, 0.4) is 0 Å². The summed E-state index contributed by atoms with van der Waals surface area (Å²) in [6.07, 6.45) is 5.31. The van der Waals surface area contributed by atoms with Crippen molar-refractivity contribution in [2.24, 2.45) is 5.92 Å². The highest BCUT2D eigenvalue weighted by Gasteiger charge is 2.21. The Labute approximate surface area is 97.1 Å². The molecule has 0 radical (unpaired) electrons. The van der Waals surface area contributed by atoms with Gasteiger partial charge in [-0.2, -0.15) is 0 Å². The van der Waals surface area contributed by atoms with Crippen LogP contribution in [0, 0.1) is 18.7 Å². The molecule has 0 saturated heterocycles. The fourth-order valence-electron chi connectivity index (χ4n) is 2.52. The standard InChI is InChI=1S/C14H20FN/c1-10-7-8-13(9-14(10)15)16-11(2)12-5-3-4-6-12/h7-9,11-12,16H,3-6H2,1-2H3. The summed E-state index contributed by atoms with van der Waals surface area (Å²) in [6, 6.07) is 5.84. The minimum absolute atomic E-state index is 0.122. The zero-order valence-corrected chi connectivity index (χ0v) is 10.1. The topological polar surface area (TPSA) is 12.0 Å². The summed E-state index contributed by atoms with van der Waals surface area (Å²) >= 11 is 0. The molecule has 1 aromatic carbocycles. The highest BCUT2D eigenvalue weighted by molar-refractivity contribution is 5.46. The van der Waals surface area contributed by atoms with Gasteiger partial charge in [-0.15, -0.1) is 0 Å². The quantitative estimate of drug-likeness (QED) is 0.809. The van der Waals surface area contributed by atoms with E-state index in [9.17, 15) is 4.39 Å². The van der Waals surface area contributed by atoms with E-state index in [2.05, 4.69) is 12.2 Å². The van der Waals surface area contributed by atoms with E-state index in [-0.39, 0.29) is 5.82 Å². The van der Waals surface area contributed by atoms with Gasteiger partial charge >= 0.3 is 0 Å². The second-order valence-corrected chi connectivity index (χ2v) is 4.94. The fourth-order valence-corrected chi connectivity index (χ4v) is 2.52. The first-order valence-electron chi connectivity index (χ1n) is 6.19. The summed E-state index contributed by atoms with van der Waals surface area (Å²) in [4.78, 5) is 0. The van der Waals surface area contributed by atoms with Crippen molar-refractivity contribution in [1.82, 2.24) is 0 Å². The lowest BCUT2D eigenvalue weighted by Gasteiger charge is -2.21. The summed E-state index contributed by atoms with van der Waals surface area (Å²) in [5.74, 6) is 0.632. The Balaban J connectivity index is 1.99. The number of nitrogens with one attached hydrogen (secondary N) is 1. The lowest BCUT2D eigenvalue weighted by atomic mass is 9.99. The van der Waals surface area contributed by atoms with Gasteiger partial charge in [0.15, 0.2) is 0 Å². The van der Waals surface area contributed by atoms with Gasteiger partial charge in [0, 0.05) is 11.7 Å². The third kappa shape index (κ3) is 2.55. The maximum Gasteiger partial charge on any atom is 0.128 e. The van der Waals surface area contributed by atoms with Crippen LogP contribution in [0.5, 0.6) is 0 Å². The lowest BCUT2D eigenvalue weighted by Crippen LogP contribution is -2.23. The van der Waals surface area contributed by atoms with E-state index < -0.39 is 0 Å². The van der Waals surface area contributed by atoms with E-state index in [0.717, 1.165) is 11.6 Å². The summed E-state index contributed by atoms with van der Waals surface area (Å²) in [6.45, 7) is 3.99. The van der Waals surface area contributed by atoms with Crippen LogP contribution in [0.2, 0.25) is 0 Å². The minimum atomic E-state index is -0.122. The number of hydrogen-bond donors (Lipinski definition) is 1. The van der Waals surface area contributed by atoms with E-state index in [1.54, 1.807) is 13.0 Å². The molecule has 2 heteroatoms. The molecule has 1 atom stereocenters. The summed E-state index contributed by atoms with van der Waals surface area (Å²) < 4.78 is 13.4. The molecular weight excluding hydrogens is 201 g/mol. The molecule has 1 unspecified atom stereocenters. The Morgan fingerprint density at radius 1 is 1.31 bits per heavy atom. The Morgan fingerprint density at radius 3 is 2.62 bits per heavy atom. The highest BCUT2D eigenvalue weighted by atomic mass is 19.1. The van der Waals surface area contributed by atoms with E-state index >= 15 is 0 Å². The maximum atomic E-state index is 13.4. The molecule has 0 bridgehead atoms. The molecular formula is C14H20FN. The van der Waals surface area contributed by atoms with Crippen LogP contribution in [0.15, 0.2) is 18.2 Å². The molecule has 2 rings (SSSR count). The first-order valence-corrected chi connectivity index (χ1v) is 6.19. The number of hydrogen-bond acceptors (Lipinski definition) is 1. The van der Waals surface area contributed by atoms with Crippen LogP contribution in [0.25, 0.3) is 0 Å². The number of anilines is 1. The highest BCUT2D eigenvalue weighted by Crippen LogP contribution is 2.29. The summed E-state index contributed by atoms with van der Waals surface area (Å²) in [5.41, 5.74) is 1.61. The molecule has 1 saturated carbocycles. The molecule has 0 amide bonds. The number of aryl methyl sites for hydroxylation is 1. The SMILES string of the molecule is Cc1ccc(NC(C)C2CCCC2)cc1F. The van der Waals surface area contributed by atoms with Crippen molar-refractivity contribution >= 4 is 5.69 Å². The fraction of sp³-hybridized carbons (Fsp3) is 0.571. The van der Waals surface area contributed by atoms with Crippen molar-refractivity contribution in [3.8, 4) is 0 Å². The maximum absolute atomic E-state index is 13.4. The van der Waals surface area contributed by atoms with Crippen LogP contribution in [-0.4, -0.2) is 6.04 Å². The van der Waals surface area contributed by atoms with Crippen molar-refractivity contribution in [1.29, 1.82) is 0 Å². The third-order valence-electron chi connectivity index (χ3n) is 3.67. The van der Waals surface area contributed by atoms with Crippen LogP contribution in [0.1, 0.15) is 38.2 Å². The van der Waals surface area contributed by atoms with Gasteiger partial charge in [-0.25, -0.2) is 4.39 Å². The van der Waals surface area contributed by atoms with Gasteiger partial charge in [0.05, 0.1) is 0 Å². The predicted octanol–water partition coefficient (Wildman–Crippen LogP) is 4.12. The number of benzene rings is 1. The molecule has 1 nitrogen and oxygen atoms in total. The third-order valence-corrected chi connectivity index (χ3v) is 3.67. The number of halogens is 1. The van der Waals surface area contributed by atoms with Crippen molar-refractivity contribution in [3.63, 3.8) is 0 Å². The van der Waals surface area contributed by atoms with Gasteiger partial charge in [0.25, 0.3) is 0 Å². The van der Waals surface area contributed by atoms with Crippen molar-refractivity contribution in [2.45, 2.75) is 45.6 Å². The van der Waals surface area contributed by atoms with E-state index in [1.165, 1.54) is 25.7 Å². The molecule has 16 heavy (non-hydrogen) atoms. The molecule has 1 aliphatic carbocycles. The molecule has 0 heterocycles. The first-order chi connectivity index (χ1) is 7.66. The van der Waals surface area contributed by atoms with Crippen molar-refractivity contribution in [2.75, 3.05) is 5.32 Å². The molecule has 0 aliphatic heterocycles. The summed E-state index contributed by atoms with van der Waals surface area (Å²) in [5, 5.41) is 3.41. The zero-order valence-electron chi connectivity index (χ0n) is 10.1. The first kappa shape index (κ1) is 11.4. The van der Waals surface area contributed by atoms with Crippen LogP contribution >= 0.6 is 0 Å². The van der Waals surface area contributed by atoms with Crippen LogP contribution in [-0.2, 0) is 0 Å². The normalized spacial score (nSPS) is 18.7. The van der Waals surface area contributed by atoms with Gasteiger partial charge < -0.3 is 5.32 Å². The van der Waals surface area contributed by atoms with E-state index in [0.29, 0.717) is 11.6 Å². The second kappa shape index (κ2) is 4.86. The molecule has 88 valence electrons. The van der Waals surface area contributed by atoms with Gasteiger partial charge in [0.2, 0.25) is 0 Å². The Kier molecular flexibility index (Phi) is 3.47. The zero-order chi connectivity index (χ0) is 11.5. The lowest BCUT2D eigenvalue weighted by molar-refractivity contribution is 0.482. The smallest absolute Gasteiger partial charge is 0.128 e. The van der Waals surface area contributed by atoms with Gasteiger partial charge in [-0.05, 0) is 50.3 Å². The largest absolute Gasteiger partial charge is 0.382 e. The molecule has 0 spiro atoms. The predicted molar refractivity (Wildman–Crippen MR) is 66.2 cm³/mol. The molecule has 0 aromatic heterocycles. The van der Waals surface area contributed by atoms with Crippen LogP contribution in [0.4, 0.5) is 10.1 Å². The van der Waals surface area contributed by atoms with E-state index in [1.807, 2.05) is 12.1 Å². The summed E-state index contributed by atoms with van der Waals surface area (Å²) in [7, 11) is 0. The monoisotopic (exact) mass is 221 g/mol. The molecule has 1 fully saturated rings.